The first-order chi connectivity index (χ1) is 10.0. The van der Waals surface area contributed by atoms with Crippen molar-refractivity contribution in [1.29, 1.82) is 0 Å². The lowest BCUT2D eigenvalue weighted by Crippen LogP contribution is -2.28. The number of hydrogen-bond acceptors (Lipinski definition) is 4. The standard InChI is InChI=1S/C15H19N3O3/c1-10(8-16)15(21)17-12-4-2-11(3-5-12)9-18-13(19)6-7-14(18)20/h2-5,10H,6-9,16H2,1H3,(H,17,21). The molecule has 1 atom stereocenters. The van der Waals surface area contributed by atoms with Crippen molar-refractivity contribution in [2.75, 3.05) is 11.9 Å². The summed E-state index contributed by atoms with van der Waals surface area (Å²) in [5, 5.41) is 2.76. The van der Waals surface area contributed by atoms with Crippen LogP contribution in [0.2, 0.25) is 0 Å². The van der Waals surface area contributed by atoms with Gasteiger partial charge in [-0.05, 0) is 17.7 Å². The molecule has 0 radical (unpaired) electrons. The second-order valence-electron chi connectivity index (χ2n) is 5.20. The lowest BCUT2D eigenvalue weighted by atomic mass is 10.1. The van der Waals surface area contributed by atoms with Gasteiger partial charge in [0.05, 0.1) is 6.54 Å². The maximum atomic E-state index is 11.7. The van der Waals surface area contributed by atoms with E-state index < -0.39 is 0 Å². The van der Waals surface area contributed by atoms with Crippen LogP contribution in [-0.4, -0.2) is 29.2 Å². The summed E-state index contributed by atoms with van der Waals surface area (Å²) < 4.78 is 0. The number of hydrogen-bond donors (Lipinski definition) is 2. The number of benzene rings is 1. The first kappa shape index (κ1) is 15.2. The molecule has 1 unspecified atom stereocenters. The number of anilines is 1. The second-order valence-corrected chi connectivity index (χ2v) is 5.20. The molecule has 21 heavy (non-hydrogen) atoms. The van der Waals surface area contributed by atoms with Crippen molar-refractivity contribution in [2.45, 2.75) is 26.3 Å². The number of likely N-dealkylation sites (tertiary alicyclic amines) is 1. The minimum Gasteiger partial charge on any atom is -0.330 e. The predicted molar refractivity (Wildman–Crippen MR) is 78.1 cm³/mol. The monoisotopic (exact) mass is 289 g/mol. The third-order valence-electron chi connectivity index (χ3n) is 3.52. The summed E-state index contributed by atoms with van der Waals surface area (Å²) in [7, 11) is 0. The summed E-state index contributed by atoms with van der Waals surface area (Å²) in [6.45, 7) is 2.34. The summed E-state index contributed by atoms with van der Waals surface area (Å²) in [6.07, 6.45) is 0.591. The van der Waals surface area contributed by atoms with Gasteiger partial charge in [-0.15, -0.1) is 0 Å². The number of nitrogens with zero attached hydrogens (tertiary/aromatic N) is 1. The van der Waals surface area contributed by atoms with Crippen LogP contribution in [-0.2, 0) is 20.9 Å². The van der Waals surface area contributed by atoms with Crippen LogP contribution in [0.3, 0.4) is 0 Å². The second kappa shape index (κ2) is 6.49. The molecule has 1 aromatic rings. The molecule has 1 aromatic carbocycles. The van der Waals surface area contributed by atoms with Crippen molar-refractivity contribution in [3.63, 3.8) is 0 Å². The Morgan fingerprint density at radius 1 is 1.24 bits per heavy atom. The van der Waals surface area contributed by atoms with Gasteiger partial charge in [0.2, 0.25) is 17.7 Å². The Balaban J connectivity index is 1.97. The maximum Gasteiger partial charge on any atom is 0.229 e. The molecule has 112 valence electrons. The Morgan fingerprint density at radius 3 is 2.33 bits per heavy atom. The highest BCUT2D eigenvalue weighted by Gasteiger charge is 2.28. The van der Waals surface area contributed by atoms with Crippen molar-refractivity contribution >= 4 is 23.4 Å². The molecule has 3 N–H and O–H groups in total. The molecule has 1 heterocycles. The largest absolute Gasteiger partial charge is 0.330 e. The summed E-state index contributed by atoms with van der Waals surface area (Å²) in [5.74, 6) is -0.636. The Hall–Kier alpha value is -2.21. The molecule has 2 rings (SSSR count). The van der Waals surface area contributed by atoms with Gasteiger partial charge < -0.3 is 11.1 Å². The Morgan fingerprint density at radius 2 is 1.81 bits per heavy atom. The number of carbonyl (C=O) groups is 3. The van der Waals surface area contributed by atoms with E-state index in [1.807, 2.05) is 0 Å². The van der Waals surface area contributed by atoms with Crippen molar-refractivity contribution in [3.8, 4) is 0 Å². The highest BCUT2D eigenvalue weighted by molar-refractivity contribution is 6.01. The molecule has 0 aliphatic carbocycles. The van der Waals surface area contributed by atoms with Crippen LogP contribution < -0.4 is 11.1 Å². The van der Waals surface area contributed by atoms with Gasteiger partial charge in [0.25, 0.3) is 0 Å². The van der Waals surface area contributed by atoms with Gasteiger partial charge in [-0.3, -0.25) is 19.3 Å². The fraction of sp³-hybridized carbons (Fsp3) is 0.400. The SMILES string of the molecule is CC(CN)C(=O)Nc1ccc(CN2C(=O)CCC2=O)cc1. The first-order valence-electron chi connectivity index (χ1n) is 6.94. The summed E-state index contributed by atoms with van der Waals surface area (Å²) in [4.78, 5) is 36.1. The summed E-state index contributed by atoms with van der Waals surface area (Å²) in [5.41, 5.74) is 6.96. The Kier molecular flexibility index (Phi) is 4.70. The average Bonchev–Trinajstić information content (AvgIpc) is 2.80. The number of rotatable bonds is 5. The molecule has 0 spiro atoms. The zero-order valence-corrected chi connectivity index (χ0v) is 12.0. The van der Waals surface area contributed by atoms with Crippen LogP contribution in [0, 0.1) is 5.92 Å². The molecule has 1 fully saturated rings. The third-order valence-corrected chi connectivity index (χ3v) is 3.52. The molecule has 3 amide bonds. The van der Waals surface area contributed by atoms with Crippen LogP contribution in [0.25, 0.3) is 0 Å². The number of amides is 3. The quantitative estimate of drug-likeness (QED) is 0.787. The first-order valence-corrected chi connectivity index (χ1v) is 6.94. The van der Waals surface area contributed by atoms with Gasteiger partial charge >= 0.3 is 0 Å². The van der Waals surface area contributed by atoms with E-state index >= 15 is 0 Å². The van der Waals surface area contributed by atoms with E-state index in [1.54, 1.807) is 31.2 Å². The maximum absolute atomic E-state index is 11.7. The Bertz CT molecular complexity index is 538. The lowest BCUT2D eigenvalue weighted by Gasteiger charge is -2.14. The average molecular weight is 289 g/mol. The molecular weight excluding hydrogens is 270 g/mol. The molecule has 0 aromatic heterocycles. The lowest BCUT2D eigenvalue weighted by molar-refractivity contribution is -0.139. The molecule has 1 saturated heterocycles. The zero-order chi connectivity index (χ0) is 15.4. The van der Waals surface area contributed by atoms with Crippen LogP contribution in [0.1, 0.15) is 25.3 Å². The number of nitrogens with one attached hydrogen (secondary N) is 1. The minimum atomic E-state index is -0.246. The smallest absolute Gasteiger partial charge is 0.229 e. The molecule has 6 nitrogen and oxygen atoms in total. The normalized spacial score (nSPS) is 16.2. The van der Waals surface area contributed by atoms with Gasteiger partial charge in [-0.2, -0.15) is 0 Å². The number of carbonyl (C=O) groups excluding carboxylic acids is 3. The van der Waals surface area contributed by atoms with Crippen LogP contribution in [0.15, 0.2) is 24.3 Å². The van der Waals surface area contributed by atoms with Gasteiger partial charge in [-0.25, -0.2) is 0 Å². The highest BCUT2D eigenvalue weighted by Crippen LogP contribution is 2.17. The fourth-order valence-corrected chi connectivity index (χ4v) is 2.05. The van der Waals surface area contributed by atoms with Crippen molar-refractivity contribution in [3.05, 3.63) is 29.8 Å². The molecule has 1 aliphatic rings. The number of imide groups is 1. The van der Waals surface area contributed by atoms with Crippen LogP contribution in [0.5, 0.6) is 0 Å². The van der Waals surface area contributed by atoms with Crippen LogP contribution >= 0.6 is 0 Å². The van der Waals surface area contributed by atoms with Crippen molar-refractivity contribution < 1.29 is 14.4 Å². The van der Waals surface area contributed by atoms with E-state index in [-0.39, 0.29) is 30.2 Å². The van der Waals surface area contributed by atoms with E-state index in [2.05, 4.69) is 5.32 Å². The molecule has 0 saturated carbocycles. The zero-order valence-electron chi connectivity index (χ0n) is 12.0. The molecular formula is C15H19N3O3. The predicted octanol–water partition coefficient (Wildman–Crippen LogP) is 0.869. The van der Waals surface area contributed by atoms with Gasteiger partial charge in [0, 0.05) is 31.0 Å². The van der Waals surface area contributed by atoms with E-state index in [1.165, 1.54) is 4.90 Å². The van der Waals surface area contributed by atoms with E-state index in [9.17, 15) is 14.4 Å². The van der Waals surface area contributed by atoms with E-state index in [4.69, 9.17) is 5.73 Å². The summed E-state index contributed by atoms with van der Waals surface area (Å²) >= 11 is 0. The fourth-order valence-electron chi connectivity index (χ4n) is 2.05. The van der Waals surface area contributed by atoms with E-state index in [0.29, 0.717) is 25.1 Å². The summed E-state index contributed by atoms with van der Waals surface area (Å²) in [6, 6.07) is 7.09. The van der Waals surface area contributed by atoms with Gasteiger partial charge in [0.15, 0.2) is 0 Å². The van der Waals surface area contributed by atoms with Crippen molar-refractivity contribution in [2.24, 2.45) is 11.7 Å². The van der Waals surface area contributed by atoms with Crippen LogP contribution in [0.4, 0.5) is 5.69 Å². The van der Waals surface area contributed by atoms with E-state index in [0.717, 1.165) is 5.56 Å². The minimum absolute atomic E-state index is 0.129. The topological polar surface area (TPSA) is 92.5 Å². The Labute approximate surface area is 123 Å². The van der Waals surface area contributed by atoms with Gasteiger partial charge in [-0.1, -0.05) is 19.1 Å². The third kappa shape index (κ3) is 3.66. The van der Waals surface area contributed by atoms with Crippen molar-refractivity contribution in [1.82, 2.24) is 4.90 Å². The molecule has 6 heteroatoms. The molecule has 1 aliphatic heterocycles. The number of nitrogens with two attached hydrogens (primary N) is 1. The van der Waals surface area contributed by atoms with Gasteiger partial charge in [0.1, 0.15) is 0 Å². The highest BCUT2D eigenvalue weighted by atomic mass is 16.2. The molecule has 0 bridgehead atoms.